The summed E-state index contributed by atoms with van der Waals surface area (Å²) in [6.07, 6.45) is -8.39. The maximum absolute atomic E-state index is 13.7. The molecule has 0 radical (unpaired) electrons. The van der Waals surface area contributed by atoms with Crippen molar-refractivity contribution in [3.8, 4) is 0 Å². The number of amides is 1. The lowest BCUT2D eigenvalue weighted by atomic mass is 10.1. The van der Waals surface area contributed by atoms with Gasteiger partial charge in [0.2, 0.25) is 0 Å². The Balaban J connectivity index is 1.61. The maximum atomic E-state index is 13.7. The molecule has 36 heavy (non-hydrogen) atoms. The van der Waals surface area contributed by atoms with Crippen LogP contribution in [0.25, 0.3) is 0 Å². The van der Waals surface area contributed by atoms with E-state index in [0.717, 1.165) is 23.0 Å². The Hall–Kier alpha value is -4.10. The number of aromatic carboxylic acids is 1. The van der Waals surface area contributed by atoms with Crippen molar-refractivity contribution in [2.24, 2.45) is 0 Å². The average Bonchev–Trinajstić information content (AvgIpc) is 3.37. The van der Waals surface area contributed by atoms with Gasteiger partial charge in [0, 0.05) is 25.8 Å². The summed E-state index contributed by atoms with van der Waals surface area (Å²) in [6, 6.07) is 6.92. The van der Waals surface area contributed by atoms with Crippen molar-refractivity contribution >= 4 is 17.7 Å². The number of fused-ring (bicyclic) bond motifs is 1. The van der Waals surface area contributed by atoms with Gasteiger partial charge in [0.05, 0.1) is 12.1 Å². The van der Waals surface area contributed by atoms with Crippen LogP contribution in [0, 0.1) is 0 Å². The predicted octanol–water partition coefficient (Wildman–Crippen LogP) is 3.96. The highest BCUT2D eigenvalue weighted by Crippen LogP contribution is 2.39. The summed E-state index contributed by atoms with van der Waals surface area (Å²) in [5.74, 6) is -2.52. The summed E-state index contributed by atoms with van der Waals surface area (Å²) >= 11 is 0. The van der Waals surface area contributed by atoms with Crippen LogP contribution < -0.4 is 10.2 Å². The number of rotatable bonds is 6. The molecule has 0 unspecified atom stereocenters. The molecule has 0 bridgehead atoms. The molecule has 1 aliphatic heterocycles. The van der Waals surface area contributed by atoms with Gasteiger partial charge in [0.15, 0.2) is 5.69 Å². The zero-order chi connectivity index (χ0) is 26.3. The lowest BCUT2D eigenvalue weighted by Gasteiger charge is -2.20. The SMILES string of the molecule is O=C(O)c1ccc(CNC(=O)c2c(C(F)(F)F)nn3c2N(Cc2cccc(C(F)(F)F)c2)CC3)cn1. The maximum Gasteiger partial charge on any atom is 0.436 e. The zero-order valence-electron chi connectivity index (χ0n) is 18.2. The summed E-state index contributed by atoms with van der Waals surface area (Å²) in [6.45, 7) is -0.280. The highest BCUT2D eigenvalue weighted by Gasteiger charge is 2.44. The third kappa shape index (κ3) is 5.11. The molecule has 1 aromatic carbocycles. The summed E-state index contributed by atoms with van der Waals surface area (Å²) in [7, 11) is 0. The number of anilines is 1. The van der Waals surface area contributed by atoms with E-state index in [-0.39, 0.29) is 43.3 Å². The molecule has 0 saturated carbocycles. The van der Waals surface area contributed by atoms with Gasteiger partial charge in [-0.05, 0) is 29.3 Å². The average molecular weight is 513 g/mol. The van der Waals surface area contributed by atoms with E-state index in [0.29, 0.717) is 5.56 Å². The molecule has 2 N–H and O–H groups in total. The number of aromatic nitrogens is 3. The third-order valence-electron chi connectivity index (χ3n) is 5.43. The van der Waals surface area contributed by atoms with E-state index in [9.17, 15) is 35.9 Å². The van der Waals surface area contributed by atoms with E-state index in [1.54, 1.807) is 0 Å². The molecule has 2 aromatic heterocycles. The minimum absolute atomic E-state index is 0.00518. The molecule has 1 aliphatic rings. The minimum Gasteiger partial charge on any atom is -0.477 e. The summed E-state index contributed by atoms with van der Waals surface area (Å²) in [4.78, 5) is 28.9. The predicted molar refractivity (Wildman–Crippen MR) is 112 cm³/mol. The molecule has 0 aliphatic carbocycles. The van der Waals surface area contributed by atoms with Crippen molar-refractivity contribution in [2.75, 3.05) is 11.4 Å². The van der Waals surface area contributed by atoms with E-state index >= 15 is 0 Å². The first-order valence-corrected chi connectivity index (χ1v) is 10.4. The topological polar surface area (TPSA) is 100 Å². The van der Waals surface area contributed by atoms with Gasteiger partial charge in [-0.1, -0.05) is 18.2 Å². The molecule has 0 fully saturated rings. The van der Waals surface area contributed by atoms with E-state index < -0.39 is 41.0 Å². The van der Waals surface area contributed by atoms with Crippen LogP contribution in [0.5, 0.6) is 0 Å². The lowest BCUT2D eigenvalue weighted by molar-refractivity contribution is -0.142. The Bertz CT molecular complexity index is 1300. The number of carboxylic acid groups (broad SMARTS) is 1. The van der Waals surface area contributed by atoms with E-state index in [4.69, 9.17) is 5.11 Å². The van der Waals surface area contributed by atoms with Crippen LogP contribution in [-0.4, -0.2) is 38.3 Å². The number of benzene rings is 1. The molecule has 0 saturated heterocycles. The van der Waals surface area contributed by atoms with Crippen LogP contribution in [0.15, 0.2) is 42.6 Å². The molecule has 3 aromatic rings. The van der Waals surface area contributed by atoms with Crippen molar-refractivity contribution in [3.63, 3.8) is 0 Å². The molecule has 0 spiro atoms. The molecule has 14 heteroatoms. The number of nitrogens with zero attached hydrogens (tertiary/aromatic N) is 4. The third-order valence-corrected chi connectivity index (χ3v) is 5.43. The normalized spacial score (nSPS) is 13.6. The van der Waals surface area contributed by atoms with Crippen LogP contribution >= 0.6 is 0 Å². The van der Waals surface area contributed by atoms with Gasteiger partial charge in [-0.2, -0.15) is 31.4 Å². The molecular weight excluding hydrogens is 496 g/mol. The van der Waals surface area contributed by atoms with Crippen LogP contribution in [0.4, 0.5) is 32.2 Å². The van der Waals surface area contributed by atoms with Crippen LogP contribution in [-0.2, 0) is 32.0 Å². The van der Waals surface area contributed by atoms with Crippen molar-refractivity contribution in [1.29, 1.82) is 0 Å². The smallest absolute Gasteiger partial charge is 0.436 e. The zero-order valence-corrected chi connectivity index (χ0v) is 18.2. The number of alkyl halides is 6. The number of hydrogen-bond donors (Lipinski definition) is 2. The standard InChI is InChI=1S/C22H17F6N5O3/c23-21(24,25)14-3-1-2-12(8-14)11-32-6-7-33-19(32)16(17(31-33)22(26,27)28)18(34)30-10-13-4-5-15(20(35)36)29-9-13/h1-5,8-9H,6-7,10-11H2,(H,30,34)(H,35,36). The molecule has 8 nitrogen and oxygen atoms in total. The summed E-state index contributed by atoms with van der Waals surface area (Å²) < 4.78 is 81.4. The minimum atomic E-state index is -4.96. The molecule has 3 heterocycles. The van der Waals surface area contributed by atoms with Gasteiger partial charge < -0.3 is 15.3 Å². The fraction of sp³-hybridized carbons (Fsp3) is 0.273. The highest BCUT2D eigenvalue weighted by molar-refractivity contribution is 6.00. The van der Waals surface area contributed by atoms with Crippen molar-refractivity contribution in [1.82, 2.24) is 20.1 Å². The number of halogens is 6. The van der Waals surface area contributed by atoms with Crippen molar-refractivity contribution < 1.29 is 41.0 Å². The quantitative estimate of drug-likeness (QED) is 0.484. The van der Waals surface area contributed by atoms with Crippen molar-refractivity contribution in [2.45, 2.75) is 32.0 Å². The first kappa shape index (κ1) is 25.0. The highest BCUT2D eigenvalue weighted by atomic mass is 19.4. The second-order valence-corrected chi connectivity index (χ2v) is 7.93. The number of carbonyl (C=O) groups is 2. The number of nitrogens with one attached hydrogen (secondary N) is 1. The molecule has 190 valence electrons. The fourth-order valence-corrected chi connectivity index (χ4v) is 3.81. The first-order chi connectivity index (χ1) is 16.8. The Kier molecular flexibility index (Phi) is 6.37. The summed E-state index contributed by atoms with van der Waals surface area (Å²) in [5, 5.41) is 14.8. The Morgan fingerprint density at radius 2 is 1.75 bits per heavy atom. The molecule has 4 rings (SSSR count). The lowest BCUT2D eigenvalue weighted by Crippen LogP contribution is -2.29. The van der Waals surface area contributed by atoms with Gasteiger partial charge >= 0.3 is 18.3 Å². The van der Waals surface area contributed by atoms with Gasteiger partial charge in [-0.3, -0.25) is 4.79 Å². The Labute approximate surface area is 199 Å². The van der Waals surface area contributed by atoms with E-state index in [2.05, 4.69) is 15.4 Å². The van der Waals surface area contributed by atoms with Crippen LogP contribution in [0.2, 0.25) is 0 Å². The summed E-state index contributed by atoms with van der Waals surface area (Å²) in [5.41, 5.74) is -2.77. The van der Waals surface area contributed by atoms with Gasteiger partial charge in [-0.15, -0.1) is 0 Å². The molecule has 1 amide bonds. The second kappa shape index (κ2) is 9.17. The van der Waals surface area contributed by atoms with Gasteiger partial charge in [0.25, 0.3) is 5.91 Å². The van der Waals surface area contributed by atoms with Gasteiger partial charge in [0.1, 0.15) is 17.1 Å². The number of carboxylic acids is 1. The van der Waals surface area contributed by atoms with Crippen LogP contribution in [0.1, 0.15) is 43.2 Å². The monoisotopic (exact) mass is 513 g/mol. The second-order valence-electron chi connectivity index (χ2n) is 7.93. The van der Waals surface area contributed by atoms with E-state index in [1.807, 2.05) is 0 Å². The molecular formula is C22H17F6N5O3. The molecule has 0 atom stereocenters. The largest absolute Gasteiger partial charge is 0.477 e. The van der Waals surface area contributed by atoms with Crippen LogP contribution in [0.3, 0.4) is 0 Å². The number of pyridine rings is 1. The first-order valence-electron chi connectivity index (χ1n) is 10.4. The Morgan fingerprint density at radius 1 is 1.00 bits per heavy atom. The van der Waals surface area contributed by atoms with E-state index in [1.165, 1.54) is 29.2 Å². The van der Waals surface area contributed by atoms with Crippen molar-refractivity contribution in [3.05, 3.63) is 76.2 Å². The number of carbonyl (C=O) groups excluding carboxylic acids is 1. The number of hydrogen-bond acceptors (Lipinski definition) is 5. The van der Waals surface area contributed by atoms with Gasteiger partial charge in [-0.25, -0.2) is 14.5 Å². The Morgan fingerprint density at radius 3 is 2.36 bits per heavy atom. The fourth-order valence-electron chi connectivity index (χ4n) is 3.81.